The molecule has 154 valence electrons. The molecule has 3 N–H and O–H groups in total. The van der Waals surface area contributed by atoms with Crippen molar-refractivity contribution < 1.29 is 19.2 Å². The lowest BCUT2D eigenvalue weighted by atomic mass is 10.0. The van der Waals surface area contributed by atoms with Gasteiger partial charge in [0.15, 0.2) is 0 Å². The standard InChI is InChI=1S/C23H29N3O3/c1-29-22(27)21(16-18-8-4-2-5-9-18)25-23(28)24-20-12-14-26(15-13-20)17-19-10-6-3-7-11-19/h2-11,20-21H,12-17H2,1H3,(H2,24,25,28)/p+1/t21-/m0/s1. The van der Waals surface area contributed by atoms with Crippen molar-refractivity contribution in [1.82, 2.24) is 10.6 Å². The summed E-state index contributed by atoms with van der Waals surface area (Å²) < 4.78 is 4.86. The molecule has 1 aliphatic heterocycles. The van der Waals surface area contributed by atoms with E-state index in [1.165, 1.54) is 17.6 Å². The lowest BCUT2D eigenvalue weighted by Crippen LogP contribution is -3.12. The lowest BCUT2D eigenvalue weighted by molar-refractivity contribution is -0.918. The van der Waals surface area contributed by atoms with Crippen molar-refractivity contribution in [2.45, 2.75) is 37.9 Å². The van der Waals surface area contributed by atoms with Crippen molar-refractivity contribution in [2.75, 3.05) is 20.2 Å². The van der Waals surface area contributed by atoms with Crippen LogP contribution in [0.4, 0.5) is 4.79 Å². The van der Waals surface area contributed by atoms with Gasteiger partial charge in [-0.2, -0.15) is 0 Å². The minimum absolute atomic E-state index is 0.129. The zero-order valence-corrected chi connectivity index (χ0v) is 16.9. The molecule has 6 nitrogen and oxygen atoms in total. The van der Waals surface area contributed by atoms with Gasteiger partial charge in [-0.3, -0.25) is 0 Å². The molecule has 0 unspecified atom stereocenters. The third-order valence-electron chi connectivity index (χ3n) is 5.40. The summed E-state index contributed by atoms with van der Waals surface area (Å²) in [6.07, 6.45) is 2.26. The summed E-state index contributed by atoms with van der Waals surface area (Å²) >= 11 is 0. The first-order valence-electron chi connectivity index (χ1n) is 10.2. The second-order valence-corrected chi connectivity index (χ2v) is 7.57. The Bertz CT molecular complexity index is 774. The highest BCUT2D eigenvalue weighted by Gasteiger charge is 2.26. The number of urea groups is 1. The molecule has 29 heavy (non-hydrogen) atoms. The molecular formula is C23H30N3O3+. The molecule has 2 amide bonds. The minimum Gasteiger partial charge on any atom is -0.467 e. The number of rotatable bonds is 7. The van der Waals surface area contributed by atoms with E-state index in [0.29, 0.717) is 6.42 Å². The van der Waals surface area contributed by atoms with Crippen LogP contribution in [0.25, 0.3) is 0 Å². The smallest absolute Gasteiger partial charge is 0.328 e. The molecule has 3 rings (SSSR count). The van der Waals surface area contributed by atoms with Crippen LogP contribution in [0.2, 0.25) is 0 Å². The predicted octanol–water partition coefficient (Wildman–Crippen LogP) is 1.32. The highest BCUT2D eigenvalue weighted by atomic mass is 16.5. The van der Waals surface area contributed by atoms with Crippen molar-refractivity contribution in [3.63, 3.8) is 0 Å². The van der Waals surface area contributed by atoms with E-state index in [4.69, 9.17) is 4.74 Å². The number of nitrogens with one attached hydrogen (secondary N) is 3. The molecule has 1 fully saturated rings. The number of amides is 2. The summed E-state index contributed by atoms with van der Waals surface area (Å²) in [5.74, 6) is -0.439. The lowest BCUT2D eigenvalue weighted by Gasteiger charge is -2.30. The Labute approximate surface area is 172 Å². The van der Waals surface area contributed by atoms with Gasteiger partial charge in [-0.05, 0) is 5.56 Å². The monoisotopic (exact) mass is 396 g/mol. The van der Waals surface area contributed by atoms with Crippen LogP contribution in [0.1, 0.15) is 24.0 Å². The fourth-order valence-electron chi connectivity index (χ4n) is 3.80. The zero-order chi connectivity index (χ0) is 20.5. The normalized spacial score (nSPS) is 19.8. The van der Waals surface area contributed by atoms with Gasteiger partial charge in [0, 0.05) is 30.9 Å². The van der Waals surface area contributed by atoms with Crippen molar-refractivity contribution in [3.8, 4) is 0 Å². The molecule has 1 saturated heterocycles. The summed E-state index contributed by atoms with van der Waals surface area (Å²) in [4.78, 5) is 26.1. The molecular weight excluding hydrogens is 366 g/mol. The maximum absolute atomic E-state index is 12.5. The second-order valence-electron chi connectivity index (χ2n) is 7.57. The van der Waals surface area contributed by atoms with E-state index in [1.807, 2.05) is 36.4 Å². The average molecular weight is 397 g/mol. The first-order chi connectivity index (χ1) is 14.1. The van der Waals surface area contributed by atoms with E-state index in [0.717, 1.165) is 38.0 Å². The number of likely N-dealkylation sites (tertiary alicyclic amines) is 1. The summed E-state index contributed by atoms with van der Waals surface area (Å²) in [6.45, 7) is 3.05. The molecule has 0 saturated carbocycles. The highest BCUT2D eigenvalue weighted by Crippen LogP contribution is 2.06. The van der Waals surface area contributed by atoms with Crippen LogP contribution >= 0.6 is 0 Å². The van der Waals surface area contributed by atoms with Crippen LogP contribution < -0.4 is 15.5 Å². The van der Waals surface area contributed by atoms with Crippen LogP contribution in [0.3, 0.4) is 0 Å². The molecule has 0 aliphatic carbocycles. The number of esters is 1. The maximum atomic E-state index is 12.5. The summed E-state index contributed by atoms with van der Waals surface area (Å²) in [5, 5.41) is 5.81. The Hall–Kier alpha value is -2.86. The van der Waals surface area contributed by atoms with Gasteiger partial charge in [0.25, 0.3) is 0 Å². The Morgan fingerprint density at radius 2 is 1.59 bits per heavy atom. The SMILES string of the molecule is COC(=O)[C@H](Cc1ccccc1)NC(=O)NC1CC[NH+](Cc2ccccc2)CC1. The van der Waals surface area contributed by atoms with Gasteiger partial charge in [0.05, 0.1) is 20.2 Å². The van der Waals surface area contributed by atoms with Gasteiger partial charge >= 0.3 is 12.0 Å². The van der Waals surface area contributed by atoms with E-state index >= 15 is 0 Å². The number of benzene rings is 2. The molecule has 0 bridgehead atoms. The zero-order valence-electron chi connectivity index (χ0n) is 16.9. The number of piperidine rings is 1. The number of methoxy groups -OCH3 is 1. The fraction of sp³-hybridized carbons (Fsp3) is 0.391. The Kier molecular flexibility index (Phi) is 7.64. The van der Waals surface area contributed by atoms with Crippen LogP contribution in [0.5, 0.6) is 0 Å². The molecule has 6 heteroatoms. The molecule has 1 atom stereocenters. The van der Waals surface area contributed by atoms with Gasteiger partial charge in [-0.15, -0.1) is 0 Å². The van der Waals surface area contributed by atoms with Crippen LogP contribution in [0.15, 0.2) is 60.7 Å². The van der Waals surface area contributed by atoms with E-state index in [1.54, 1.807) is 0 Å². The first kappa shape index (κ1) is 20.9. The summed E-state index contributed by atoms with van der Waals surface area (Å²) in [7, 11) is 1.34. The van der Waals surface area contributed by atoms with E-state index in [-0.39, 0.29) is 12.1 Å². The number of carbonyl (C=O) groups excluding carboxylic acids is 2. The number of quaternary nitrogens is 1. The maximum Gasteiger partial charge on any atom is 0.328 e. The van der Waals surface area contributed by atoms with Crippen molar-refractivity contribution in [2.24, 2.45) is 0 Å². The van der Waals surface area contributed by atoms with Crippen molar-refractivity contribution >= 4 is 12.0 Å². The first-order valence-corrected chi connectivity index (χ1v) is 10.2. The van der Waals surface area contributed by atoms with Gasteiger partial charge in [-0.1, -0.05) is 60.7 Å². The average Bonchev–Trinajstić information content (AvgIpc) is 2.75. The van der Waals surface area contributed by atoms with Gasteiger partial charge in [0.2, 0.25) is 0 Å². The molecule has 1 heterocycles. The molecule has 2 aromatic carbocycles. The Morgan fingerprint density at radius 3 is 2.17 bits per heavy atom. The highest BCUT2D eigenvalue weighted by molar-refractivity contribution is 5.83. The molecule has 0 aromatic heterocycles. The second kappa shape index (κ2) is 10.6. The minimum atomic E-state index is -0.703. The third kappa shape index (κ3) is 6.61. The van der Waals surface area contributed by atoms with Crippen molar-refractivity contribution in [1.29, 1.82) is 0 Å². The van der Waals surface area contributed by atoms with E-state index in [2.05, 4.69) is 34.9 Å². The van der Waals surface area contributed by atoms with Crippen molar-refractivity contribution in [3.05, 3.63) is 71.8 Å². The van der Waals surface area contributed by atoms with E-state index < -0.39 is 12.0 Å². The van der Waals surface area contributed by atoms with Crippen LogP contribution in [0, 0.1) is 0 Å². The number of carbonyl (C=O) groups is 2. The van der Waals surface area contributed by atoms with E-state index in [9.17, 15) is 9.59 Å². The Balaban J connectivity index is 1.46. The quantitative estimate of drug-likeness (QED) is 0.618. The van der Waals surface area contributed by atoms with Crippen LogP contribution in [-0.2, 0) is 22.5 Å². The molecule has 2 aromatic rings. The topological polar surface area (TPSA) is 71.9 Å². The Morgan fingerprint density at radius 1 is 1.00 bits per heavy atom. The molecule has 1 aliphatic rings. The van der Waals surface area contributed by atoms with Crippen LogP contribution in [-0.4, -0.2) is 44.3 Å². The number of ether oxygens (including phenoxy) is 1. The van der Waals surface area contributed by atoms with Gasteiger partial charge < -0.3 is 20.3 Å². The predicted molar refractivity (Wildman–Crippen MR) is 111 cm³/mol. The molecule has 0 spiro atoms. The summed E-state index contributed by atoms with van der Waals surface area (Å²) in [6, 6.07) is 19.2. The number of hydrogen-bond donors (Lipinski definition) is 3. The molecule has 0 radical (unpaired) electrons. The number of hydrogen-bond acceptors (Lipinski definition) is 3. The third-order valence-corrected chi connectivity index (χ3v) is 5.40. The van der Waals surface area contributed by atoms with Gasteiger partial charge in [0.1, 0.15) is 12.6 Å². The largest absolute Gasteiger partial charge is 0.467 e. The van der Waals surface area contributed by atoms with Gasteiger partial charge in [-0.25, -0.2) is 9.59 Å². The fourth-order valence-corrected chi connectivity index (χ4v) is 3.80. The summed E-state index contributed by atoms with van der Waals surface area (Å²) in [5.41, 5.74) is 2.31.